The van der Waals surface area contributed by atoms with Crippen LogP contribution in [0.15, 0.2) is 83.7 Å². The second-order valence-electron chi connectivity index (χ2n) is 8.12. The third kappa shape index (κ3) is 3.33. The van der Waals surface area contributed by atoms with Crippen molar-refractivity contribution in [2.45, 2.75) is 12.1 Å². The topological polar surface area (TPSA) is 76.8 Å². The van der Waals surface area contributed by atoms with Crippen molar-refractivity contribution in [2.24, 2.45) is 5.73 Å². The summed E-state index contributed by atoms with van der Waals surface area (Å²) in [6.45, 7) is 0.390. The Bertz CT molecular complexity index is 1520. The van der Waals surface area contributed by atoms with Crippen LogP contribution in [0.5, 0.6) is 5.75 Å². The molecule has 1 unspecified atom stereocenters. The van der Waals surface area contributed by atoms with Gasteiger partial charge in [-0.2, -0.15) is 0 Å². The minimum absolute atomic E-state index is 0.390. The van der Waals surface area contributed by atoms with Gasteiger partial charge in [0.05, 0.1) is 23.7 Å². The quantitative estimate of drug-likeness (QED) is 0.260. The minimum atomic E-state index is -0.969. The lowest BCUT2D eigenvalue weighted by Crippen LogP contribution is -2.39. The molecule has 1 aliphatic heterocycles. The maximum atomic E-state index is 7.24. The Kier molecular flexibility index (Phi) is 4.76. The van der Waals surface area contributed by atoms with E-state index >= 15 is 0 Å². The molecule has 0 saturated carbocycles. The van der Waals surface area contributed by atoms with Gasteiger partial charge in [0.2, 0.25) is 0 Å². The largest absolute Gasteiger partial charge is 0.489 e. The summed E-state index contributed by atoms with van der Waals surface area (Å²) in [5, 5.41) is 1.39. The van der Waals surface area contributed by atoms with E-state index < -0.39 is 5.54 Å². The molecule has 3 N–H and O–H groups in total. The number of nitrogens with one attached hydrogen (secondary N) is 1. The van der Waals surface area contributed by atoms with Crippen LogP contribution >= 0.6 is 27.5 Å². The van der Waals surface area contributed by atoms with E-state index in [1.165, 1.54) is 0 Å². The number of nitrogens with two attached hydrogens (primary N) is 1. The number of pyridine rings is 1. The Labute approximate surface area is 203 Å². The van der Waals surface area contributed by atoms with Crippen molar-refractivity contribution in [3.8, 4) is 16.9 Å². The number of rotatable bonds is 1. The smallest absolute Gasteiger partial charge is 0.130 e. The first kappa shape index (κ1) is 20.4. The second kappa shape index (κ2) is 7.70. The summed E-state index contributed by atoms with van der Waals surface area (Å²) in [7, 11) is 0. The number of benzene rings is 3. The molecule has 0 saturated heterocycles. The number of imidazole rings is 1. The Morgan fingerprint density at radius 1 is 1.03 bits per heavy atom. The fourth-order valence-electron chi connectivity index (χ4n) is 4.47. The number of aromatic nitrogens is 3. The molecule has 3 aromatic carbocycles. The molecule has 5 aromatic rings. The van der Waals surface area contributed by atoms with Crippen molar-refractivity contribution in [1.82, 2.24) is 15.0 Å². The zero-order valence-electron chi connectivity index (χ0n) is 17.3. The number of ether oxygens (including phenoxy) is 1. The zero-order chi connectivity index (χ0) is 22.6. The van der Waals surface area contributed by atoms with Crippen LogP contribution in [0.3, 0.4) is 0 Å². The molecule has 2 aromatic heterocycles. The number of fused-ring (bicyclic) bond motifs is 6. The molecule has 1 aliphatic rings. The molecular formula is C26H18BrClN4O. The predicted molar refractivity (Wildman–Crippen MR) is 133 cm³/mol. The summed E-state index contributed by atoms with van der Waals surface area (Å²) in [6, 6.07) is 22.1. The summed E-state index contributed by atoms with van der Waals surface area (Å²) in [5.74, 6) is 0.772. The van der Waals surface area contributed by atoms with Gasteiger partial charge >= 0.3 is 0 Å². The highest BCUT2D eigenvalue weighted by Gasteiger charge is 2.34. The third-order valence-electron chi connectivity index (χ3n) is 6.20. The standard InChI is InChI=1S/C26H18BrClN4O/c27-22-6-4-17-8-16(22)13-33-19-3-1-2-15(9-19)20-11-25(28)32-23-7-5-18(10-21(20)23)26(17,29)24-12-30-14-31-24/h1-12,14H,13,29H2,(H,30,31). The highest BCUT2D eigenvalue weighted by atomic mass is 79.9. The summed E-state index contributed by atoms with van der Waals surface area (Å²) in [4.78, 5) is 12.0. The van der Waals surface area contributed by atoms with E-state index in [1.807, 2.05) is 54.6 Å². The molecule has 0 fully saturated rings. The first-order valence-corrected chi connectivity index (χ1v) is 11.6. The van der Waals surface area contributed by atoms with Crippen LogP contribution in [0.25, 0.3) is 22.0 Å². The lowest BCUT2D eigenvalue weighted by molar-refractivity contribution is 0.305. The average molecular weight is 518 g/mol. The van der Waals surface area contributed by atoms with Crippen LogP contribution in [0, 0.1) is 0 Å². The number of hydrogen-bond acceptors (Lipinski definition) is 4. The van der Waals surface area contributed by atoms with Crippen LogP contribution < -0.4 is 10.5 Å². The minimum Gasteiger partial charge on any atom is -0.489 e. The summed E-state index contributed by atoms with van der Waals surface area (Å²) in [5.41, 5.74) is 12.6. The highest BCUT2D eigenvalue weighted by Crippen LogP contribution is 2.39. The summed E-state index contributed by atoms with van der Waals surface area (Å²) >= 11 is 10.1. The van der Waals surface area contributed by atoms with E-state index in [0.717, 1.165) is 54.6 Å². The van der Waals surface area contributed by atoms with Gasteiger partial charge in [0.1, 0.15) is 23.0 Å². The van der Waals surface area contributed by atoms with Gasteiger partial charge in [-0.15, -0.1) is 0 Å². The summed E-state index contributed by atoms with van der Waals surface area (Å²) < 4.78 is 7.14. The van der Waals surface area contributed by atoms with Gasteiger partial charge in [0, 0.05) is 15.4 Å². The van der Waals surface area contributed by atoms with Crippen molar-refractivity contribution in [1.29, 1.82) is 0 Å². The number of aromatic amines is 1. The van der Waals surface area contributed by atoms with Crippen molar-refractivity contribution >= 4 is 38.4 Å². The van der Waals surface area contributed by atoms with Crippen LogP contribution in [0.1, 0.15) is 22.4 Å². The van der Waals surface area contributed by atoms with E-state index in [9.17, 15) is 0 Å². The first-order valence-electron chi connectivity index (χ1n) is 10.4. The molecule has 7 heteroatoms. The maximum Gasteiger partial charge on any atom is 0.130 e. The number of halogens is 2. The molecule has 6 bridgehead atoms. The van der Waals surface area contributed by atoms with E-state index in [1.54, 1.807) is 12.5 Å². The fraction of sp³-hybridized carbons (Fsp3) is 0.0769. The molecule has 33 heavy (non-hydrogen) atoms. The number of nitrogens with zero attached hydrogens (tertiary/aromatic N) is 2. The van der Waals surface area contributed by atoms with Gasteiger partial charge in [-0.05, 0) is 64.7 Å². The lowest BCUT2D eigenvalue weighted by Gasteiger charge is -2.30. The second-order valence-corrected chi connectivity index (χ2v) is 9.36. The molecule has 3 heterocycles. The molecule has 0 aliphatic carbocycles. The van der Waals surface area contributed by atoms with Crippen LogP contribution in [0.4, 0.5) is 0 Å². The number of hydrogen-bond donors (Lipinski definition) is 2. The molecule has 0 amide bonds. The fourth-order valence-corrected chi connectivity index (χ4v) is 5.03. The van der Waals surface area contributed by atoms with Gasteiger partial charge in [-0.25, -0.2) is 9.97 Å². The number of H-pyrrole nitrogens is 1. The van der Waals surface area contributed by atoms with E-state index in [4.69, 9.17) is 22.1 Å². The van der Waals surface area contributed by atoms with Crippen LogP contribution in [-0.2, 0) is 12.1 Å². The van der Waals surface area contributed by atoms with Gasteiger partial charge in [-0.3, -0.25) is 0 Å². The molecule has 0 spiro atoms. The third-order valence-corrected chi connectivity index (χ3v) is 7.16. The Morgan fingerprint density at radius 2 is 1.88 bits per heavy atom. The van der Waals surface area contributed by atoms with Gasteiger partial charge in [0.15, 0.2) is 0 Å². The van der Waals surface area contributed by atoms with Crippen molar-refractivity contribution in [2.75, 3.05) is 0 Å². The van der Waals surface area contributed by atoms with Crippen LogP contribution in [0.2, 0.25) is 5.15 Å². The Balaban J connectivity index is 1.73. The monoisotopic (exact) mass is 516 g/mol. The molecule has 1 atom stereocenters. The molecule has 162 valence electrons. The van der Waals surface area contributed by atoms with Gasteiger partial charge in [0.25, 0.3) is 0 Å². The summed E-state index contributed by atoms with van der Waals surface area (Å²) in [6.07, 6.45) is 3.41. The highest BCUT2D eigenvalue weighted by molar-refractivity contribution is 9.10. The van der Waals surface area contributed by atoms with Crippen molar-refractivity contribution in [3.05, 3.63) is 111 Å². The predicted octanol–water partition coefficient (Wildman–Crippen LogP) is 6.18. The lowest BCUT2D eigenvalue weighted by atomic mass is 9.80. The van der Waals surface area contributed by atoms with Crippen molar-refractivity contribution < 1.29 is 4.74 Å². The average Bonchev–Trinajstić information content (AvgIpc) is 3.37. The van der Waals surface area contributed by atoms with Crippen LogP contribution in [-0.4, -0.2) is 15.0 Å². The molecule has 0 radical (unpaired) electrons. The Morgan fingerprint density at radius 3 is 2.73 bits per heavy atom. The molecule has 6 rings (SSSR count). The SMILES string of the molecule is NC1(c2cnc[nH]2)c2ccc(Br)c(c2)COc2cccc(c2)-c2cc(Cl)nc3ccc1cc23. The first-order chi connectivity index (χ1) is 16.0. The maximum absolute atomic E-state index is 7.24. The zero-order valence-corrected chi connectivity index (χ0v) is 19.7. The van der Waals surface area contributed by atoms with Gasteiger partial charge in [-0.1, -0.05) is 51.8 Å². The molecule has 5 nitrogen and oxygen atoms in total. The normalized spacial score (nSPS) is 17.2. The molecular weight excluding hydrogens is 500 g/mol. The van der Waals surface area contributed by atoms with E-state index in [-0.39, 0.29) is 0 Å². The van der Waals surface area contributed by atoms with Crippen molar-refractivity contribution in [3.63, 3.8) is 0 Å². The van der Waals surface area contributed by atoms with Gasteiger partial charge < -0.3 is 15.5 Å². The Hall–Kier alpha value is -3.19. The van der Waals surface area contributed by atoms with E-state index in [0.29, 0.717) is 11.8 Å². The van der Waals surface area contributed by atoms with E-state index in [2.05, 4.69) is 43.0 Å².